The van der Waals surface area contributed by atoms with Gasteiger partial charge in [0.1, 0.15) is 6.61 Å². The molecule has 0 aromatic heterocycles. The van der Waals surface area contributed by atoms with Gasteiger partial charge in [0.05, 0.1) is 13.7 Å². The Hall–Kier alpha value is -1.46. The van der Waals surface area contributed by atoms with E-state index >= 15 is 0 Å². The lowest BCUT2D eigenvalue weighted by Gasteiger charge is -2.13. The summed E-state index contributed by atoms with van der Waals surface area (Å²) in [5.41, 5.74) is 2.19. The molecular weight excluding hydrogens is 349 g/mol. The first-order valence-electron chi connectivity index (χ1n) is 7.46. The van der Waals surface area contributed by atoms with Crippen molar-refractivity contribution < 1.29 is 14.2 Å². The van der Waals surface area contributed by atoms with Gasteiger partial charge >= 0.3 is 0 Å². The molecule has 0 saturated carbocycles. The molecule has 0 unspecified atom stereocenters. The van der Waals surface area contributed by atoms with E-state index in [-0.39, 0.29) is 12.4 Å². The first kappa shape index (κ1) is 20.6. The Kier molecular flexibility index (Phi) is 9.57. The molecule has 0 fully saturated rings. The van der Waals surface area contributed by atoms with Gasteiger partial charge in [-0.15, -0.1) is 12.4 Å². The van der Waals surface area contributed by atoms with E-state index in [4.69, 9.17) is 25.8 Å². The lowest BCUT2D eigenvalue weighted by Crippen LogP contribution is -2.18. The van der Waals surface area contributed by atoms with Gasteiger partial charge in [-0.1, -0.05) is 29.8 Å². The predicted molar refractivity (Wildman–Crippen MR) is 99.6 cm³/mol. The van der Waals surface area contributed by atoms with Crippen LogP contribution in [0.15, 0.2) is 42.5 Å². The van der Waals surface area contributed by atoms with Crippen LogP contribution < -0.4 is 14.8 Å². The molecular formula is C18H23Cl2NO3. The third-order valence-electron chi connectivity index (χ3n) is 3.35. The van der Waals surface area contributed by atoms with E-state index < -0.39 is 0 Å². The first-order chi connectivity index (χ1) is 11.2. The van der Waals surface area contributed by atoms with Crippen molar-refractivity contribution in [2.75, 3.05) is 27.4 Å². The van der Waals surface area contributed by atoms with E-state index in [2.05, 4.69) is 5.32 Å². The summed E-state index contributed by atoms with van der Waals surface area (Å²) >= 11 is 5.88. The third-order valence-corrected chi connectivity index (χ3v) is 3.60. The van der Waals surface area contributed by atoms with E-state index in [0.29, 0.717) is 13.2 Å². The molecule has 1 N–H and O–H groups in total. The quantitative estimate of drug-likeness (QED) is 0.674. The monoisotopic (exact) mass is 371 g/mol. The molecule has 0 spiro atoms. The van der Waals surface area contributed by atoms with Crippen molar-refractivity contribution in [3.8, 4) is 11.5 Å². The Labute approximate surface area is 154 Å². The van der Waals surface area contributed by atoms with Crippen LogP contribution in [0.4, 0.5) is 0 Å². The van der Waals surface area contributed by atoms with Gasteiger partial charge < -0.3 is 19.5 Å². The average Bonchev–Trinajstić information content (AvgIpc) is 2.58. The summed E-state index contributed by atoms with van der Waals surface area (Å²) in [5.74, 6) is 1.45. The fourth-order valence-electron chi connectivity index (χ4n) is 2.09. The van der Waals surface area contributed by atoms with Crippen LogP contribution >= 0.6 is 24.0 Å². The highest BCUT2D eigenvalue weighted by Gasteiger charge is 2.06. The van der Waals surface area contributed by atoms with Gasteiger partial charge in [0, 0.05) is 25.2 Å². The standard InChI is InChI=1S/C18H22ClNO3.ClH/c1-21-10-9-20-12-15-5-8-17(18(11-15)22-2)23-13-14-3-6-16(19)7-4-14;/h3-8,11,20H,9-10,12-13H2,1-2H3;1H. The topological polar surface area (TPSA) is 39.7 Å². The summed E-state index contributed by atoms with van der Waals surface area (Å²) in [7, 11) is 3.34. The van der Waals surface area contributed by atoms with Crippen LogP contribution in [0.1, 0.15) is 11.1 Å². The molecule has 0 bridgehead atoms. The molecule has 2 aromatic rings. The van der Waals surface area contributed by atoms with Gasteiger partial charge in [-0.3, -0.25) is 0 Å². The van der Waals surface area contributed by atoms with Crippen LogP contribution in [-0.2, 0) is 17.9 Å². The summed E-state index contributed by atoms with van der Waals surface area (Å²) < 4.78 is 16.3. The molecule has 4 nitrogen and oxygen atoms in total. The highest BCUT2D eigenvalue weighted by Crippen LogP contribution is 2.29. The van der Waals surface area contributed by atoms with Crippen molar-refractivity contribution in [3.63, 3.8) is 0 Å². The molecule has 0 atom stereocenters. The molecule has 0 radical (unpaired) electrons. The number of nitrogens with one attached hydrogen (secondary N) is 1. The maximum absolute atomic E-state index is 5.88. The van der Waals surface area contributed by atoms with Crippen molar-refractivity contribution in [2.45, 2.75) is 13.2 Å². The van der Waals surface area contributed by atoms with Gasteiger partial charge in [0.2, 0.25) is 0 Å². The zero-order valence-corrected chi connectivity index (χ0v) is 15.5. The zero-order valence-electron chi connectivity index (χ0n) is 13.9. The minimum Gasteiger partial charge on any atom is -0.493 e. The minimum atomic E-state index is 0. The fraction of sp³-hybridized carbons (Fsp3) is 0.333. The van der Waals surface area contributed by atoms with Crippen molar-refractivity contribution >= 4 is 24.0 Å². The summed E-state index contributed by atoms with van der Waals surface area (Å²) in [6, 6.07) is 13.5. The Balaban J connectivity index is 0.00000288. The molecule has 0 heterocycles. The lowest BCUT2D eigenvalue weighted by molar-refractivity contribution is 0.199. The first-order valence-corrected chi connectivity index (χ1v) is 7.84. The highest BCUT2D eigenvalue weighted by molar-refractivity contribution is 6.30. The fourth-order valence-corrected chi connectivity index (χ4v) is 2.22. The number of methoxy groups -OCH3 is 2. The van der Waals surface area contributed by atoms with Gasteiger partial charge in [-0.05, 0) is 35.4 Å². The maximum atomic E-state index is 5.88. The Morgan fingerprint density at radius 3 is 2.33 bits per heavy atom. The van der Waals surface area contributed by atoms with Gasteiger partial charge in [0.15, 0.2) is 11.5 Å². The Morgan fingerprint density at radius 1 is 0.958 bits per heavy atom. The molecule has 132 valence electrons. The van der Waals surface area contributed by atoms with Crippen molar-refractivity contribution in [1.82, 2.24) is 5.32 Å². The lowest BCUT2D eigenvalue weighted by atomic mass is 10.2. The molecule has 6 heteroatoms. The van der Waals surface area contributed by atoms with Crippen molar-refractivity contribution in [3.05, 3.63) is 58.6 Å². The summed E-state index contributed by atoms with van der Waals surface area (Å²) in [4.78, 5) is 0. The molecule has 2 rings (SSSR count). The second kappa shape index (κ2) is 11.2. The van der Waals surface area contributed by atoms with Crippen LogP contribution in [0.2, 0.25) is 5.02 Å². The SMILES string of the molecule is COCCNCc1ccc(OCc2ccc(Cl)cc2)c(OC)c1.Cl. The summed E-state index contributed by atoms with van der Waals surface area (Å²) in [6.07, 6.45) is 0. The third kappa shape index (κ3) is 6.57. The number of halogens is 2. The molecule has 0 aliphatic carbocycles. The number of hydrogen-bond donors (Lipinski definition) is 1. The summed E-state index contributed by atoms with van der Waals surface area (Å²) in [5, 5.41) is 4.02. The molecule has 24 heavy (non-hydrogen) atoms. The van der Waals surface area contributed by atoms with Crippen LogP contribution in [0.3, 0.4) is 0 Å². The van der Waals surface area contributed by atoms with Crippen LogP contribution in [0.25, 0.3) is 0 Å². The number of rotatable bonds is 9. The summed E-state index contributed by atoms with van der Waals surface area (Å²) in [6.45, 7) is 2.74. The van der Waals surface area contributed by atoms with Crippen LogP contribution in [0.5, 0.6) is 11.5 Å². The van der Waals surface area contributed by atoms with E-state index in [1.165, 1.54) is 0 Å². The van der Waals surface area contributed by atoms with Crippen LogP contribution in [-0.4, -0.2) is 27.4 Å². The number of benzene rings is 2. The van der Waals surface area contributed by atoms with E-state index in [9.17, 15) is 0 Å². The zero-order chi connectivity index (χ0) is 16.5. The number of ether oxygens (including phenoxy) is 3. The molecule has 0 aliphatic rings. The van der Waals surface area contributed by atoms with Crippen molar-refractivity contribution in [1.29, 1.82) is 0 Å². The van der Waals surface area contributed by atoms with E-state index in [1.54, 1.807) is 14.2 Å². The molecule has 0 saturated heterocycles. The highest BCUT2D eigenvalue weighted by atomic mass is 35.5. The van der Waals surface area contributed by atoms with Gasteiger partial charge in [0.25, 0.3) is 0 Å². The maximum Gasteiger partial charge on any atom is 0.161 e. The van der Waals surface area contributed by atoms with Gasteiger partial charge in [-0.2, -0.15) is 0 Å². The minimum absolute atomic E-state index is 0. The van der Waals surface area contributed by atoms with Crippen LogP contribution in [0, 0.1) is 0 Å². The second-order valence-electron chi connectivity index (χ2n) is 5.07. The second-order valence-corrected chi connectivity index (χ2v) is 5.51. The predicted octanol–water partition coefficient (Wildman–Crippen LogP) is 4.09. The largest absolute Gasteiger partial charge is 0.493 e. The molecule has 0 amide bonds. The molecule has 0 aliphatic heterocycles. The van der Waals surface area contributed by atoms with Gasteiger partial charge in [-0.25, -0.2) is 0 Å². The smallest absolute Gasteiger partial charge is 0.161 e. The Morgan fingerprint density at radius 2 is 1.67 bits per heavy atom. The molecule has 2 aromatic carbocycles. The van der Waals surface area contributed by atoms with E-state index in [0.717, 1.165) is 40.7 Å². The number of hydrogen-bond acceptors (Lipinski definition) is 4. The van der Waals surface area contributed by atoms with Crippen molar-refractivity contribution in [2.24, 2.45) is 0 Å². The van der Waals surface area contributed by atoms with E-state index in [1.807, 2.05) is 42.5 Å². The average molecular weight is 372 g/mol. The Bertz CT molecular complexity index is 606. The normalized spacial score (nSPS) is 10.1.